The Morgan fingerprint density at radius 2 is 1.79 bits per heavy atom. The van der Waals surface area contributed by atoms with Gasteiger partial charge in [0.25, 0.3) is 0 Å². The van der Waals surface area contributed by atoms with Crippen LogP contribution in [0.5, 0.6) is 0 Å². The van der Waals surface area contributed by atoms with E-state index in [0.717, 1.165) is 44.7 Å². The maximum Gasteiger partial charge on any atom is 0.417 e. The normalized spacial score (nSPS) is 18.1. The van der Waals surface area contributed by atoms with Gasteiger partial charge in [0, 0.05) is 44.4 Å². The molecule has 1 aromatic carbocycles. The van der Waals surface area contributed by atoms with E-state index in [1.54, 1.807) is 6.07 Å². The Balaban J connectivity index is 1.62. The van der Waals surface area contributed by atoms with Crippen molar-refractivity contribution in [2.75, 3.05) is 37.6 Å². The van der Waals surface area contributed by atoms with Crippen LogP contribution in [0.2, 0.25) is 0 Å². The van der Waals surface area contributed by atoms with Crippen LogP contribution in [0.3, 0.4) is 0 Å². The zero-order chi connectivity index (χ0) is 19.7. The molecule has 0 radical (unpaired) electrons. The quantitative estimate of drug-likeness (QED) is 0.803. The third-order valence-corrected chi connectivity index (χ3v) is 5.23. The van der Waals surface area contributed by atoms with Gasteiger partial charge in [0.2, 0.25) is 5.82 Å². The number of nitriles is 1. The van der Waals surface area contributed by atoms with Crippen LogP contribution in [0.1, 0.15) is 24.2 Å². The predicted octanol–water partition coefficient (Wildman–Crippen LogP) is 3.57. The van der Waals surface area contributed by atoms with Crippen molar-refractivity contribution in [1.82, 2.24) is 14.9 Å². The van der Waals surface area contributed by atoms with Gasteiger partial charge in [0.05, 0.1) is 11.3 Å². The van der Waals surface area contributed by atoms with Crippen molar-refractivity contribution < 1.29 is 13.2 Å². The smallest absolute Gasteiger partial charge is 0.354 e. The van der Waals surface area contributed by atoms with Crippen molar-refractivity contribution >= 4 is 5.82 Å². The van der Waals surface area contributed by atoms with E-state index in [-0.39, 0.29) is 17.1 Å². The second kappa shape index (κ2) is 7.40. The Morgan fingerprint density at radius 3 is 2.43 bits per heavy atom. The third-order valence-electron chi connectivity index (χ3n) is 5.23. The number of hydrogen-bond donors (Lipinski definition) is 0. The van der Waals surface area contributed by atoms with Crippen LogP contribution in [0.15, 0.2) is 30.3 Å². The molecule has 0 spiro atoms. The minimum atomic E-state index is -4.50. The number of rotatable bonds is 4. The first-order chi connectivity index (χ1) is 13.4. The molecule has 1 aliphatic heterocycles. The van der Waals surface area contributed by atoms with Crippen molar-refractivity contribution in [2.45, 2.75) is 19.0 Å². The van der Waals surface area contributed by atoms with E-state index in [0.29, 0.717) is 5.82 Å². The fraction of sp³-hybridized carbons (Fsp3) is 0.450. The van der Waals surface area contributed by atoms with Crippen molar-refractivity contribution in [1.29, 1.82) is 5.26 Å². The lowest BCUT2D eigenvalue weighted by Gasteiger charge is -2.35. The number of aromatic nitrogens is 2. The molecular formula is C20H20F3N5. The van der Waals surface area contributed by atoms with Crippen molar-refractivity contribution in [3.63, 3.8) is 0 Å². The highest BCUT2D eigenvalue weighted by Gasteiger charge is 2.34. The molecule has 0 amide bonds. The highest BCUT2D eigenvalue weighted by atomic mass is 19.4. The lowest BCUT2D eigenvalue weighted by Crippen LogP contribution is -2.47. The van der Waals surface area contributed by atoms with Gasteiger partial charge in [-0.15, -0.1) is 0 Å². The summed E-state index contributed by atoms with van der Waals surface area (Å²) < 4.78 is 40.2. The maximum absolute atomic E-state index is 13.4. The fourth-order valence-corrected chi connectivity index (χ4v) is 3.56. The van der Waals surface area contributed by atoms with Crippen molar-refractivity contribution in [2.24, 2.45) is 5.92 Å². The first-order valence-electron chi connectivity index (χ1n) is 9.37. The van der Waals surface area contributed by atoms with Gasteiger partial charge in [-0.05, 0) is 24.8 Å². The SMILES string of the molecule is N#Cc1nc(-c2ccccc2C(F)(F)F)cc(N2CCN(CC3CC3)CC2)n1. The van der Waals surface area contributed by atoms with E-state index >= 15 is 0 Å². The highest BCUT2D eigenvalue weighted by Crippen LogP contribution is 2.37. The topological polar surface area (TPSA) is 56.1 Å². The van der Waals surface area contributed by atoms with Gasteiger partial charge in [-0.2, -0.15) is 18.4 Å². The molecular weight excluding hydrogens is 367 g/mol. The van der Waals surface area contributed by atoms with Gasteiger partial charge >= 0.3 is 6.18 Å². The number of benzene rings is 1. The molecule has 1 saturated carbocycles. The lowest BCUT2D eigenvalue weighted by molar-refractivity contribution is -0.137. The van der Waals surface area contributed by atoms with Crippen LogP contribution < -0.4 is 4.90 Å². The number of halogens is 3. The standard InChI is InChI=1S/C20H20F3N5/c21-20(22,23)16-4-2-1-3-15(16)17-11-19(26-18(12-24)25-17)28-9-7-27(8-10-28)13-14-5-6-14/h1-4,11,14H,5-10,13H2. The highest BCUT2D eigenvalue weighted by molar-refractivity contribution is 5.67. The summed E-state index contributed by atoms with van der Waals surface area (Å²) in [6, 6.07) is 8.72. The molecule has 8 heteroatoms. The molecule has 1 aliphatic carbocycles. The minimum Gasteiger partial charge on any atom is -0.354 e. The number of alkyl halides is 3. The van der Waals surface area contributed by atoms with E-state index in [2.05, 4.69) is 14.9 Å². The predicted molar refractivity (Wildman–Crippen MR) is 98.6 cm³/mol. The molecule has 0 N–H and O–H groups in total. The van der Waals surface area contributed by atoms with E-state index < -0.39 is 11.7 Å². The molecule has 4 rings (SSSR count). The molecule has 0 unspecified atom stereocenters. The molecule has 2 aromatic rings. The molecule has 0 atom stereocenters. The summed E-state index contributed by atoms with van der Waals surface area (Å²) in [5.74, 6) is 1.20. The summed E-state index contributed by atoms with van der Waals surface area (Å²) in [4.78, 5) is 12.7. The molecule has 1 saturated heterocycles. The Hall–Kier alpha value is -2.66. The fourth-order valence-electron chi connectivity index (χ4n) is 3.56. The summed E-state index contributed by atoms with van der Waals surface area (Å²) in [6.45, 7) is 4.35. The van der Waals surface area contributed by atoms with Crippen LogP contribution in [-0.4, -0.2) is 47.6 Å². The number of piperazine rings is 1. The Bertz CT molecular complexity index is 893. The monoisotopic (exact) mass is 387 g/mol. The zero-order valence-electron chi connectivity index (χ0n) is 15.3. The largest absolute Gasteiger partial charge is 0.417 e. The molecule has 2 aliphatic rings. The number of nitrogens with zero attached hydrogens (tertiary/aromatic N) is 5. The van der Waals surface area contributed by atoms with Crippen LogP contribution in [-0.2, 0) is 6.18 Å². The lowest BCUT2D eigenvalue weighted by atomic mass is 10.0. The second-order valence-corrected chi connectivity index (χ2v) is 7.32. The van der Waals surface area contributed by atoms with Crippen LogP contribution >= 0.6 is 0 Å². The Morgan fingerprint density at radius 1 is 1.07 bits per heavy atom. The molecule has 146 valence electrons. The molecule has 1 aromatic heterocycles. The van der Waals surface area contributed by atoms with E-state index in [1.165, 1.54) is 31.0 Å². The van der Waals surface area contributed by atoms with E-state index in [4.69, 9.17) is 0 Å². The first kappa shape index (κ1) is 18.7. The molecule has 2 heterocycles. The van der Waals surface area contributed by atoms with Crippen LogP contribution in [0.25, 0.3) is 11.3 Å². The Labute approximate surface area is 161 Å². The van der Waals surface area contributed by atoms with Gasteiger partial charge < -0.3 is 4.90 Å². The van der Waals surface area contributed by atoms with Gasteiger partial charge in [0.1, 0.15) is 11.9 Å². The summed E-state index contributed by atoms with van der Waals surface area (Å²) in [5, 5.41) is 9.29. The number of hydrogen-bond acceptors (Lipinski definition) is 5. The van der Waals surface area contributed by atoms with Crippen LogP contribution in [0, 0.1) is 17.2 Å². The van der Waals surface area contributed by atoms with Gasteiger partial charge in [0.15, 0.2) is 0 Å². The minimum absolute atomic E-state index is 0.0393. The van der Waals surface area contributed by atoms with Crippen molar-refractivity contribution in [3.8, 4) is 17.3 Å². The summed E-state index contributed by atoms with van der Waals surface area (Å²) >= 11 is 0. The van der Waals surface area contributed by atoms with E-state index in [9.17, 15) is 18.4 Å². The maximum atomic E-state index is 13.4. The Kier molecular flexibility index (Phi) is 4.94. The van der Waals surface area contributed by atoms with Crippen molar-refractivity contribution in [3.05, 3.63) is 41.7 Å². The third kappa shape index (κ3) is 4.09. The molecule has 28 heavy (non-hydrogen) atoms. The average molecular weight is 387 g/mol. The van der Waals surface area contributed by atoms with Crippen LogP contribution in [0.4, 0.5) is 19.0 Å². The second-order valence-electron chi connectivity index (χ2n) is 7.32. The first-order valence-corrected chi connectivity index (χ1v) is 9.37. The molecule has 5 nitrogen and oxygen atoms in total. The number of anilines is 1. The summed E-state index contributed by atoms with van der Waals surface area (Å²) in [5.41, 5.74) is -0.685. The van der Waals surface area contributed by atoms with Gasteiger partial charge in [-0.25, -0.2) is 9.97 Å². The van der Waals surface area contributed by atoms with E-state index in [1.807, 2.05) is 11.0 Å². The summed E-state index contributed by atoms with van der Waals surface area (Å²) in [7, 11) is 0. The van der Waals surface area contributed by atoms with Gasteiger partial charge in [-0.3, -0.25) is 4.90 Å². The molecule has 0 bridgehead atoms. The zero-order valence-corrected chi connectivity index (χ0v) is 15.3. The molecule has 2 fully saturated rings. The summed E-state index contributed by atoms with van der Waals surface area (Å²) in [6.07, 6.45) is -1.89. The average Bonchev–Trinajstić information content (AvgIpc) is 3.51. The van der Waals surface area contributed by atoms with Gasteiger partial charge in [-0.1, -0.05) is 18.2 Å².